The minimum Gasteiger partial charge on any atom is -0.335 e. The third kappa shape index (κ3) is 3.33. The van der Waals surface area contributed by atoms with Crippen molar-refractivity contribution in [2.75, 3.05) is 13.1 Å². The molecular formula is C15H25NO2. The van der Waals surface area contributed by atoms with Crippen molar-refractivity contribution in [1.82, 2.24) is 4.90 Å². The molecule has 1 aliphatic carbocycles. The predicted octanol–water partition coefficient (Wildman–Crippen LogP) is 2.78. The highest BCUT2D eigenvalue weighted by atomic mass is 16.2. The highest BCUT2D eigenvalue weighted by Gasteiger charge is 2.31. The number of likely N-dealkylation sites (tertiary alicyclic amines) is 1. The van der Waals surface area contributed by atoms with E-state index in [-0.39, 0.29) is 11.8 Å². The molecule has 0 spiro atoms. The van der Waals surface area contributed by atoms with Crippen molar-refractivity contribution in [2.45, 2.75) is 58.3 Å². The molecule has 2 fully saturated rings. The first-order chi connectivity index (χ1) is 8.70. The van der Waals surface area contributed by atoms with Gasteiger partial charge in [0.05, 0.1) is 6.54 Å². The lowest BCUT2D eigenvalue weighted by Crippen LogP contribution is -2.35. The third-order valence-corrected chi connectivity index (χ3v) is 4.40. The van der Waals surface area contributed by atoms with E-state index in [1.807, 2.05) is 0 Å². The molecule has 1 saturated heterocycles. The highest BCUT2D eigenvalue weighted by molar-refractivity contribution is 5.88. The van der Waals surface area contributed by atoms with Gasteiger partial charge >= 0.3 is 0 Å². The molecular weight excluding hydrogens is 226 g/mol. The Labute approximate surface area is 110 Å². The Kier molecular flexibility index (Phi) is 4.79. The van der Waals surface area contributed by atoms with Crippen LogP contribution >= 0.6 is 0 Å². The first-order valence-corrected chi connectivity index (χ1v) is 7.51. The molecule has 0 aromatic rings. The van der Waals surface area contributed by atoms with Crippen LogP contribution in [0.5, 0.6) is 0 Å². The van der Waals surface area contributed by atoms with E-state index in [2.05, 4.69) is 6.92 Å². The van der Waals surface area contributed by atoms with E-state index < -0.39 is 0 Å². The molecule has 0 radical (unpaired) electrons. The van der Waals surface area contributed by atoms with Gasteiger partial charge in [0.25, 0.3) is 0 Å². The van der Waals surface area contributed by atoms with Crippen molar-refractivity contribution < 1.29 is 9.59 Å². The summed E-state index contributed by atoms with van der Waals surface area (Å²) in [6.45, 7) is 3.34. The molecule has 18 heavy (non-hydrogen) atoms. The molecule has 3 heteroatoms. The fourth-order valence-corrected chi connectivity index (χ4v) is 3.35. The number of hydrogen-bond acceptors (Lipinski definition) is 2. The molecule has 3 nitrogen and oxygen atoms in total. The van der Waals surface area contributed by atoms with Gasteiger partial charge in [0.2, 0.25) is 5.91 Å². The number of Topliss-reactive ketones (excluding diaryl/α,β-unsaturated/α-hetero) is 1. The lowest BCUT2D eigenvalue weighted by atomic mass is 9.86. The molecule has 102 valence electrons. The molecule has 1 saturated carbocycles. The molecule has 1 aliphatic heterocycles. The van der Waals surface area contributed by atoms with Crippen LogP contribution in [0.2, 0.25) is 0 Å². The fraction of sp³-hybridized carbons (Fsp3) is 0.867. The summed E-state index contributed by atoms with van der Waals surface area (Å²) in [4.78, 5) is 25.8. The van der Waals surface area contributed by atoms with E-state index in [1.54, 1.807) is 4.90 Å². The Morgan fingerprint density at radius 2 is 2.00 bits per heavy atom. The van der Waals surface area contributed by atoms with Crippen molar-refractivity contribution in [3.8, 4) is 0 Å². The number of rotatable bonds is 5. The van der Waals surface area contributed by atoms with Gasteiger partial charge in [-0.3, -0.25) is 9.59 Å². The molecule has 0 N–H and O–H groups in total. The van der Waals surface area contributed by atoms with Crippen molar-refractivity contribution >= 4 is 11.7 Å². The van der Waals surface area contributed by atoms with E-state index in [4.69, 9.17) is 0 Å². The Morgan fingerprint density at radius 1 is 1.28 bits per heavy atom. The van der Waals surface area contributed by atoms with E-state index in [0.29, 0.717) is 24.7 Å². The smallest absolute Gasteiger partial charge is 0.223 e. The van der Waals surface area contributed by atoms with Crippen LogP contribution in [0.4, 0.5) is 0 Å². The fourth-order valence-electron chi connectivity index (χ4n) is 3.35. The first-order valence-electron chi connectivity index (χ1n) is 7.51. The molecule has 1 heterocycles. The van der Waals surface area contributed by atoms with Crippen molar-refractivity contribution in [1.29, 1.82) is 0 Å². The van der Waals surface area contributed by atoms with Gasteiger partial charge in [0.1, 0.15) is 0 Å². The second-order valence-corrected chi connectivity index (χ2v) is 5.93. The van der Waals surface area contributed by atoms with Crippen molar-refractivity contribution in [2.24, 2.45) is 11.8 Å². The Hall–Kier alpha value is -0.860. The van der Waals surface area contributed by atoms with E-state index >= 15 is 0 Å². The second-order valence-electron chi connectivity index (χ2n) is 5.93. The highest BCUT2D eigenvalue weighted by Crippen LogP contribution is 2.26. The Balaban J connectivity index is 1.81. The molecule has 1 atom stereocenters. The zero-order valence-electron chi connectivity index (χ0n) is 11.5. The van der Waals surface area contributed by atoms with Gasteiger partial charge in [0.15, 0.2) is 5.78 Å². The lowest BCUT2D eigenvalue weighted by Gasteiger charge is -2.23. The maximum atomic E-state index is 12.2. The Morgan fingerprint density at radius 3 is 2.67 bits per heavy atom. The van der Waals surface area contributed by atoms with Crippen LogP contribution in [0.25, 0.3) is 0 Å². The van der Waals surface area contributed by atoms with Gasteiger partial charge in [-0.05, 0) is 25.2 Å². The number of ketones is 1. The second kappa shape index (κ2) is 6.35. The number of carbonyl (C=O) groups excluding carboxylic acids is 2. The topological polar surface area (TPSA) is 37.4 Å². The van der Waals surface area contributed by atoms with Gasteiger partial charge in [-0.1, -0.05) is 32.6 Å². The minimum absolute atomic E-state index is 0.192. The average molecular weight is 251 g/mol. The summed E-state index contributed by atoms with van der Waals surface area (Å²) in [6, 6.07) is 0. The summed E-state index contributed by atoms with van der Waals surface area (Å²) in [6.07, 6.45) is 8.61. The van der Waals surface area contributed by atoms with Crippen LogP contribution in [0.15, 0.2) is 0 Å². The summed E-state index contributed by atoms with van der Waals surface area (Å²) < 4.78 is 0. The molecule has 1 unspecified atom stereocenters. The van der Waals surface area contributed by atoms with E-state index in [0.717, 1.165) is 32.2 Å². The predicted molar refractivity (Wildman–Crippen MR) is 71.2 cm³/mol. The summed E-state index contributed by atoms with van der Waals surface area (Å²) in [5.41, 5.74) is 0. The molecule has 0 aromatic carbocycles. The van der Waals surface area contributed by atoms with Gasteiger partial charge in [-0.15, -0.1) is 0 Å². The maximum Gasteiger partial charge on any atom is 0.223 e. The van der Waals surface area contributed by atoms with Crippen molar-refractivity contribution in [3.63, 3.8) is 0 Å². The van der Waals surface area contributed by atoms with Crippen LogP contribution in [-0.4, -0.2) is 29.7 Å². The molecule has 2 aliphatic rings. The SMILES string of the molecule is CCCC1CC(=O)N(CC(=O)C2CCCCC2)C1. The van der Waals surface area contributed by atoms with Crippen LogP contribution in [-0.2, 0) is 9.59 Å². The maximum absolute atomic E-state index is 12.2. The summed E-state index contributed by atoms with van der Waals surface area (Å²) in [5, 5.41) is 0. The van der Waals surface area contributed by atoms with Crippen molar-refractivity contribution in [3.05, 3.63) is 0 Å². The first kappa shape index (κ1) is 13.6. The summed E-state index contributed by atoms with van der Waals surface area (Å²) in [7, 11) is 0. The van der Waals surface area contributed by atoms with E-state index in [9.17, 15) is 9.59 Å². The van der Waals surface area contributed by atoms with Crippen LogP contribution in [0.1, 0.15) is 58.3 Å². The number of hydrogen-bond donors (Lipinski definition) is 0. The normalized spacial score (nSPS) is 25.7. The summed E-state index contributed by atoms with van der Waals surface area (Å²) >= 11 is 0. The molecule has 2 rings (SSSR count). The van der Waals surface area contributed by atoms with Crippen LogP contribution in [0, 0.1) is 11.8 Å². The monoisotopic (exact) mass is 251 g/mol. The zero-order chi connectivity index (χ0) is 13.0. The van der Waals surface area contributed by atoms with Crippen LogP contribution < -0.4 is 0 Å². The van der Waals surface area contributed by atoms with Crippen LogP contribution in [0.3, 0.4) is 0 Å². The zero-order valence-corrected chi connectivity index (χ0v) is 11.5. The van der Waals surface area contributed by atoms with E-state index in [1.165, 1.54) is 19.3 Å². The average Bonchev–Trinajstić information content (AvgIpc) is 2.71. The minimum atomic E-state index is 0.192. The summed E-state index contributed by atoms with van der Waals surface area (Å²) in [5.74, 6) is 1.22. The largest absolute Gasteiger partial charge is 0.335 e. The quantitative estimate of drug-likeness (QED) is 0.753. The molecule has 0 bridgehead atoms. The number of carbonyl (C=O) groups is 2. The van der Waals surface area contributed by atoms with Gasteiger partial charge in [0, 0.05) is 18.9 Å². The number of nitrogens with zero attached hydrogens (tertiary/aromatic N) is 1. The van der Waals surface area contributed by atoms with Gasteiger partial charge < -0.3 is 4.90 Å². The third-order valence-electron chi connectivity index (χ3n) is 4.40. The van der Waals surface area contributed by atoms with Gasteiger partial charge in [-0.2, -0.15) is 0 Å². The number of amides is 1. The van der Waals surface area contributed by atoms with Gasteiger partial charge in [-0.25, -0.2) is 0 Å². The lowest BCUT2D eigenvalue weighted by molar-refractivity contribution is -0.134. The molecule has 1 amide bonds. The Bertz CT molecular complexity index is 308. The molecule has 0 aromatic heterocycles. The standard InChI is InChI=1S/C15H25NO2/c1-2-6-12-9-15(18)16(10-12)11-14(17)13-7-4-3-5-8-13/h12-13H,2-11H2,1H3.